The molecule has 0 saturated carbocycles. The van der Waals surface area contributed by atoms with Crippen LogP contribution < -0.4 is 5.32 Å². The van der Waals surface area contributed by atoms with Crippen molar-refractivity contribution >= 4 is 62.7 Å². The number of hydrogen-bond donors (Lipinski definition) is 1. The molecule has 3 aromatic rings. The Morgan fingerprint density at radius 2 is 1.57 bits per heavy atom. The number of nitrogens with zero attached hydrogens (tertiary/aromatic N) is 1. The molecule has 0 aliphatic rings. The van der Waals surface area contributed by atoms with Crippen molar-refractivity contribution in [1.29, 1.82) is 0 Å². The predicted octanol–water partition coefficient (Wildman–Crippen LogP) is 7.54. The molecular weight excluding hydrogens is 591 g/mol. The van der Waals surface area contributed by atoms with Gasteiger partial charge in [-0.1, -0.05) is 87.7 Å². The van der Waals surface area contributed by atoms with Gasteiger partial charge in [-0.2, -0.15) is 0 Å². The van der Waals surface area contributed by atoms with E-state index in [9.17, 15) is 9.59 Å². The Morgan fingerprint density at radius 3 is 2.19 bits per heavy atom. The first-order chi connectivity index (χ1) is 17.5. The van der Waals surface area contributed by atoms with Crippen LogP contribution in [0.15, 0.2) is 77.3 Å². The van der Waals surface area contributed by atoms with Crippen molar-refractivity contribution < 1.29 is 9.59 Å². The summed E-state index contributed by atoms with van der Waals surface area (Å²) in [6.07, 6.45) is 0.396. The minimum absolute atomic E-state index is 0.113. The van der Waals surface area contributed by atoms with Gasteiger partial charge in [0, 0.05) is 28.7 Å². The Kier molecular flexibility index (Phi) is 10.9. The van der Waals surface area contributed by atoms with E-state index in [0.29, 0.717) is 22.2 Å². The van der Waals surface area contributed by atoms with Gasteiger partial charge < -0.3 is 10.2 Å². The first kappa shape index (κ1) is 29.6. The van der Waals surface area contributed by atoms with Crippen molar-refractivity contribution in [3.8, 4) is 0 Å². The van der Waals surface area contributed by atoms with Crippen LogP contribution in [-0.4, -0.2) is 34.0 Å². The molecule has 8 heteroatoms. The van der Waals surface area contributed by atoms with Gasteiger partial charge in [0.15, 0.2) is 0 Å². The molecule has 0 aliphatic heterocycles. The smallest absolute Gasteiger partial charge is 0.243 e. The molecule has 0 radical (unpaired) electrons. The van der Waals surface area contributed by atoms with Crippen LogP contribution in [0.2, 0.25) is 10.0 Å². The monoisotopic (exact) mass is 620 g/mol. The van der Waals surface area contributed by atoms with Gasteiger partial charge in [0.1, 0.15) is 6.04 Å². The number of amides is 2. The van der Waals surface area contributed by atoms with E-state index in [0.717, 1.165) is 21.2 Å². The van der Waals surface area contributed by atoms with Crippen molar-refractivity contribution in [2.45, 2.75) is 51.1 Å². The number of halogens is 3. The summed E-state index contributed by atoms with van der Waals surface area (Å²) in [6.45, 7) is 6.04. The van der Waals surface area contributed by atoms with Gasteiger partial charge in [-0.3, -0.25) is 9.59 Å². The maximum Gasteiger partial charge on any atom is 0.243 e. The van der Waals surface area contributed by atoms with E-state index >= 15 is 0 Å². The summed E-state index contributed by atoms with van der Waals surface area (Å²) < 4.78 is 1.01. The summed E-state index contributed by atoms with van der Waals surface area (Å²) in [4.78, 5) is 29.0. The number of thioether (sulfide) groups is 1. The van der Waals surface area contributed by atoms with Crippen molar-refractivity contribution in [2.24, 2.45) is 0 Å². The van der Waals surface area contributed by atoms with Crippen LogP contribution in [0.4, 0.5) is 0 Å². The average molecular weight is 622 g/mol. The van der Waals surface area contributed by atoms with Gasteiger partial charge in [-0.15, -0.1) is 11.8 Å². The SMILES string of the molecule is CC(C)(C)NC(=O)[C@H](Cc1ccccc1)N(Cc1ccc(Cl)c(Cl)c1)C(=O)CSCc1ccc(Br)cc1. The summed E-state index contributed by atoms with van der Waals surface area (Å²) in [5, 5.41) is 3.93. The van der Waals surface area contributed by atoms with Gasteiger partial charge in [-0.25, -0.2) is 0 Å². The molecule has 196 valence electrons. The maximum atomic E-state index is 13.7. The zero-order valence-corrected chi connectivity index (χ0v) is 25.1. The Labute approximate surface area is 242 Å². The number of carbonyl (C=O) groups excluding carboxylic acids is 2. The van der Waals surface area contributed by atoms with Crippen LogP contribution in [0.1, 0.15) is 37.5 Å². The lowest BCUT2D eigenvalue weighted by Gasteiger charge is -2.34. The molecule has 0 bridgehead atoms. The van der Waals surface area contributed by atoms with Crippen LogP contribution in [0, 0.1) is 0 Å². The normalized spacial score (nSPS) is 12.2. The fourth-order valence-corrected chi connectivity index (χ4v) is 5.22. The number of rotatable bonds is 10. The lowest BCUT2D eigenvalue weighted by atomic mass is 10.0. The second-order valence-electron chi connectivity index (χ2n) is 9.83. The molecule has 1 atom stereocenters. The third-order valence-corrected chi connectivity index (χ3v) is 7.77. The predicted molar refractivity (Wildman–Crippen MR) is 159 cm³/mol. The van der Waals surface area contributed by atoms with Gasteiger partial charge in [-0.05, 0) is 61.7 Å². The molecule has 3 rings (SSSR count). The maximum absolute atomic E-state index is 13.7. The molecule has 0 spiro atoms. The molecule has 3 aromatic carbocycles. The van der Waals surface area contributed by atoms with Crippen LogP contribution in [0.5, 0.6) is 0 Å². The Morgan fingerprint density at radius 1 is 0.919 bits per heavy atom. The van der Waals surface area contributed by atoms with Gasteiger partial charge in [0.05, 0.1) is 15.8 Å². The minimum atomic E-state index is -0.697. The van der Waals surface area contributed by atoms with Gasteiger partial charge in [0.25, 0.3) is 0 Å². The lowest BCUT2D eigenvalue weighted by molar-refractivity contribution is -0.140. The molecule has 0 aromatic heterocycles. The molecule has 0 aliphatic carbocycles. The fraction of sp³-hybridized carbons (Fsp3) is 0.310. The van der Waals surface area contributed by atoms with E-state index in [1.165, 1.54) is 11.8 Å². The Balaban J connectivity index is 1.88. The molecule has 0 saturated heterocycles. The number of hydrogen-bond acceptors (Lipinski definition) is 3. The van der Waals surface area contributed by atoms with Crippen molar-refractivity contribution in [3.63, 3.8) is 0 Å². The molecule has 4 nitrogen and oxygen atoms in total. The van der Waals surface area contributed by atoms with Crippen LogP contribution in [0.3, 0.4) is 0 Å². The van der Waals surface area contributed by atoms with E-state index in [1.807, 2.05) is 81.4 Å². The van der Waals surface area contributed by atoms with E-state index in [-0.39, 0.29) is 24.1 Å². The molecule has 0 fully saturated rings. The standard InChI is InChI=1S/C29H31BrCl2N2O2S/c1-29(2,3)33-28(36)26(16-20-7-5-4-6-8-20)34(17-22-11-14-24(31)25(32)15-22)27(35)19-37-18-21-9-12-23(30)13-10-21/h4-15,26H,16-19H2,1-3H3,(H,33,36)/t26-/m0/s1. The Bertz CT molecular complexity index is 1200. The molecule has 2 amide bonds. The third-order valence-electron chi connectivity index (χ3n) is 5.51. The van der Waals surface area contributed by atoms with Crippen molar-refractivity contribution in [2.75, 3.05) is 5.75 Å². The molecule has 0 heterocycles. The van der Waals surface area contributed by atoms with E-state index in [4.69, 9.17) is 23.2 Å². The number of carbonyl (C=O) groups is 2. The van der Waals surface area contributed by atoms with Crippen LogP contribution in [0.25, 0.3) is 0 Å². The fourth-order valence-electron chi connectivity index (χ4n) is 3.76. The van der Waals surface area contributed by atoms with Gasteiger partial charge in [0.2, 0.25) is 11.8 Å². The van der Waals surface area contributed by atoms with Gasteiger partial charge >= 0.3 is 0 Å². The van der Waals surface area contributed by atoms with Crippen molar-refractivity contribution in [3.05, 3.63) is 104 Å². The molecule has 37 heavy (non-hydrogen) atoms. The molecule has 1 N–H and O–H groups in total. The average Bonchev–Trinajstić information content (AvgIpc) is 2.84. The summed E-state index contributed by atoms with van der Waals surface area (Å²) in [5.41, 5.74) is 2.47. The molecule has 0 unspecified atom stereocenters. The highest BCUT2D eigenvalue weighted by Gasteiger charge is 2.32. The quantitative estimate of drug-likeness (QED) is 0.254. The molecular formula is C29H31BrCl2N2O2S. The van der Waals surface area contributed by atoms with Crippen LogP contribution in [-0.2, 0) is 28.3 Å². The first-order valence-electron chi connectivity index (χ1n) is 11.9. The van der Waals surface area contributed by atoms with E-state index < -0.39 is 11.6 Å². The third kappa shape index (κ3) is 9.68. The van der Waals surface area contributed by atoms with E-state index in [2.05, 4.69) is 21.2 Å². The summed E-state index contributed by atoms with van der Waals surface area (Å²) in [6, 6.07) is 22.4. The zero-order valence-electron chi connectivity index (χ0n) is 21.1. The largest absolute Gasteiger partial charge is 0.350 e. The lowest BCUT2D eigenvalue weighted by Crippen LogP contribution is -2.54. The summed E-state index contributed by atoms with van der Waals surface area (Å²) in [7, 11) is 0. The topological polar surface area (TPSA) is 49.4 Å². The highest BCUT2D eigenvalue weighted by molar-refractivity contribution is 9.10. The zero-order chi connectivity index (χ0) is 27.0. The summed E-state index contributed by atoms with van der Waals surface area (Å²) >= 11 is 17.4. The van der Waals surface area contributed by atoms with E-state index in [1.54, 1.807) is 17.0 Å². The summed E-state index contributed by atoms with van der Waals surface area (Å²) in [5.74, 6) is 0.628. The second-order valence-corrected chi connectivity index (χ2v) is 12.5. The highest BCUT2D eigenvalue weighted by atomic mass is 79.9. The minimum Gasteiger partial charge on any atom is -0.350 e. The van der Waals surface area contributed by atoms with Crippen LogP contribution >= 0.6 is 50.9 Å². The highest BCUT2D eigenvalue weighted by Crippen LogP contribution is 2.25. The second kappa shape index (κ2) is 13.7. The Hall–Kier alpha value is -1.99. The number of benzene rings is 3. The number of nitrogens with one attached hydrogen (secondary N) is 1. The first-order valence-corrected chi connectivity index (χ1v) is 14.6. The van der Waals surface area contributed by atoms with Crippen molar-refractivity contribution in [1.82, 2.24) is 10.2 Å².